The van der Waals surface area contributed by atoms with Gasteiger partial charge in [0.1, 0.15) is 5.60 Å². The second-order valence-corrected chi connectivity index (χ2v) is 3.72. The molecule has 0 aliphatic heterocycles. The molecule has 72 valence electrons. The molecule has 3 nitrogen and oxygen atoms in total. The molecular formula is C9H13ClN2O. The fourth-order valence-corrected chi connectivity index (χ4v) is 0.871. The molecule has 0 N–H and O–H groups in total. The van der Waals surface area contributed by atoms with Gasteiger partial charge in [0.2, 0.25) is 11.2 Å². The molecule has 0 atom stereocenters. The maximum Gasteiger partial charge on any atom is 0.225 e. The van der Waals surface area contributed by atoms with Crippen LogP contribution in [0.4, 0.5) is 0 Å². The number of rotatable bonds is 3. The summed E-state index contributed by atoms with van der Waals surface area (Å²) in [6.45, 7) is 6.06. The molecule has 1 aromatic rings. The molecule has 0 saturated carbocycles. The van der Waals surface area contributed by atoms with Crippen LogP contribution in [0.1, 0.15) is 27.2 Å². The van der Waals surface area contributed by atoms with Gasteiger partial charge < -0.3 is 4.74 Å². The topological polar surface area (TPSA) is 35.0 Å². The smallest absolute Gasteiger partial charge is 0.225 e. The van der Waals surface area contributed by atoms with Crippen molar-refractivity contribution in [3.63, 3.8) is 0 Å². The average Bonchev–Trinajstić information content (AvgIpc) is 2.03. The van der Waals surface area contributed by atoms with Crippen LogP contribution in [0, 0.1) is 0 Å². The lowest BCUT2D eigenvalue weighted by atomic mass is 10.1. The molecule has 0 aliphatic rings. The fourth-order valence-electron chi connectivity index (χ4n) is 0.732. The van der Waals surface area contributed by atoms with E-state index in [0.29, 0.717) is 5.88 Å². The van der Waals surface area contributed by atoms with Gasteiger partial charge in [0.05, 0.1) is 0 Å². The summed E-state index contributed by atoms with van der Waals surface area (Å²) in [5, 5.41) is 0.212. The molecule has 13 heavy (non-hydrogen) atoms. The van der Waals surface area contributed by atoms with Gasteiger partial charge in [-0.2, -0.15) is 4.98 Å². The van der Waals surface area contributed by atoms with Gasteiger partial charge in [-0.3, -0.25) is 0 Å². The fraction of sp³-hybridized carbons (Fsp3) is 0.556. The first-order valence-corrected chi connectivity index (χ1v) is 4.59. The molecule has 0 radical (unpaired) electrons. The number of aromatic nitrogens is 2. The number of hydrogen-bond donors (Lipinski definition) is 0. The van der Waals surface area contributed by atoms with Gasteiger partial charge in [0.15, 0.2) is 0 Å². The maximum absolute atomic E-state index is 5.61. The summed E-state index contributed by atoms with van der Waals surface area (Å²) in [6.07, 6.45) is 2.49. The third kappa shape index (κ3) is 3.19. The van der Waals surface area contributed by atoms with Crippen LogP contribution in [0.15, 0.2) is 12.3 Å². The predicted octanol–water partition coefficient (Wildman–Crippen LogP) is 2.70. The van der Waals surface area contributed by atoms with Crippen molar-refractivity contribution in [2.45, 2.75) is 32.8 Å². The van der Waals surface area contributed by atoms with Crippen LogP contribution in [0.2, 0.25) is 5.28 Å². The first-order chi connectivity index (χ1) is 6.03. The molecular weight excluding hydrogens is 188 g/mol. The largest absolute Gasteiger partial charge is 0.472 e. The Kier molecular flexibility index (Phi) is 3.09. The molecule has 0 saturated heterocycles. The van der Waals surface area contributed by atoms with Gasteiger partial charge in [0.25, 0.3) is 0 Å². The highest BCUT2D eigenvalue weighted by Gasteiger charge is 2.17. The molecule has 1 aromatic heterocycles. The molecule has 0 spiro atoms. The zero-order chi connectivity index (χ0) is 9.90. The molecule has 0 bridgehead atoms. The normalized spacial score (nSPS) is 11.4. The first-order valence-electron chi connectivity index (χ1n) is 4.21. The second kappa shape index (κ2) is 3.92. The van der Waals surface area contributed by atoms with E-state index in [-0.39, 0.29) is 10.9 Å². The van der Waals surface area contributed by atoms with E-state index >= 15 is 0 Å². The van der Waals surface area contributed by atoms with E-state index in [9.17, 15) is 0 Å². The summed E-state index contributed by atoms with van der Waals surface area (Å²) in [4.78, 5) is 7.71. The van der Waals surface area contributed by atoms with Crippen molar-refractivity contribution in [2.75, 3.05) is 0 Å². The van der Waals surface area contributed by atoms with E-state index in [0.717, 1.165) is 6.42 Å². The highest BCUT2D eigenvalue weighted by atomic mass is 35.5. The molecule has 0 aromatic carbocycles. The highest BCUT2D eigenvalue weighted by molar-refractivity contribution is 6.28. The Balaban J connectivity index is 2.74. The number of hydrogen-bond acceptors (Lipinski definition) is 3. The van der Waals surface area contributed by atoms with Gasteiger partial charge >= 0.3 is 0 Å². The van der Waals surface area contributed by atoms with Crippen molar-refractivity contribution in [3.05, 3.63) is 17.5 Å². The quantitative estimate of drug-likeness (QED) is 0.704. The Bertz CT molecular complexity index is 289. The summed E-state index contributed by atoms with van der Waals surface area (Å²) >= 11 is 5.61. The maximum atomic E-state index is 5.61. The van der Waals surface area contributed by atoms with Crippen LogP contribution < -0.4 is 4.74 Å². The minimum Gasteiger partial charge on any atom is -0.472 e. The van der Waals surface area contributed by atoms with Crippen LogP contribution in [-0.4, -0.2) is 15.6 Å². The van der Waals surface area contributed by atoms with Crippen LogP contribution in [-0.2, 0) is 0 Å². The van der Waals surface area contributed by atoms with Crippen LogP contribution in [0.5, 0.6) is 5.88 Å². The van der Waals surface area contributed by atoms with Crippen LogP contribution >= 0.6 is 11.6 Å². The third-order valence-corrected chi connectivity index (χ3v) is 2.02. The number of ether oxygens (including phenoxy) is 1. The Hall–Kier alpha value is -0.830. The van der Waals surface area contributed by atoms with Crippen molar-refractivity contribution in [2.24, 2.45) is 0 Å². The standard InChI is InChI=1S/C9H13ClN2O/c1-4-9(2,3)13-7-5-6-11-8(10)12-7/h5-6H,4H2,1-3H3. The third-order valence-electron chi connectivity index (χ3n) is 1.83. The summed E-state index contributed by atoms with van der Waals surface area (Å²) in [5.74, 6) is 0.520. The molecule has 4 heteroatoms. The van der Waals surface area contributed by atoms with Gasteiger partial charge in [-0.05, 0) is 31.9 Å². The van der Waals surface area contributed by atoms with Gasteiger partial charge in [-0.15, -0.1) is 0 Å². The Morgan fingerprint density at radius 2 is 2.23 bits per heavy atom. The van der Waals surface area contributed by atoms with Crippen molar-refractivity contribution in [1.29, 1.82) is 0 Å². The SMILES string of the molecule is CCC(C)(C)Oc1ccnc(Cl)n1. The lowest BCUT2D eigenvalue weighted by molar-refractivity contribution is 0.0988. The lowest BCUT2D eigenvalue weighted by Gasteiger charge is -2.23. The van der Waals surface area contributed by atoms with E-state index in [1.165, 1.54) is 0 Å². The summed E-state index contributed by atoms with van der Waals surface area (Å²) in [5.41, 5.74) is -0.211. The zero-order valence-corrected chi connectivity index (χ0v) is 8.80. The number of nitrogens with zero attached hydrogens (tertiary/aromatic N) is 2. The summed E-state index contributed by atoms with van der Waals surface area (Å²) in [6, 6.07) is 1.70. The Labute approximate surface area is 83.1 Å². The van der Waals surface area contributed by atoms with E-state index in [1.807, 2.05) is 13.8 Å². The van der Waals surface area contributed by atoms with E-state index in [4.69, 9.17) is 16.3 Å². The molecule has 0 aliphatic carbocycles. The summed E-state index contributed by atoms with van der Waals surface area (Å²) < 4.78 is 5.60. The zero-order valence-electron chi connectivity index (χ0n) is 8.04. The van der Waals surface area contributed by atoms with Gasteiger partial charge in [-0.25, -0.2) is 4.98 Å². The number of halogens is 1. The van der Waals surface area contributed by atoms with Gasteiger partial charge in [-0.1, -0.05) is 6.92 Å². The second-order valence-electron chi connectivity index (χ2n) is 3.38. The van der Waals surface area contributed by atoms with Crippen molar-refractivity contribution in [1.82, 2.24) is 9.97 Å². The van der Waals surface area contributed by atoms with Crippen molar-refractivity contribution >= 4 is 11.6 Å². The van der Waals surface area contributed by atoms with E-state index < -0.39 is 0 Å². The van der Waals surface area contributed by atoms with Crippen LogP contribution in [0.3, 0.4) is 0 Å². The molecule has 0 amide bonds. The average molecular weight is 201 g/mol. The van der Waals surface area contributed by atoms with Crippen molar-refractivity contribution < 1.29 is 4.74 Å². The molecule has 1 rings (SSSR count). The molecule has 0 unspecified atom stereocenters. The van der Waals surface area contributed by atoms with Crippen molar-refractivity contribution in [3.8, 4) is 5.88 Å². The van der Waals surface area contributed by atoms with E-state index in [1.54, 1.807) is 12.3 Å². The Morgan fingerprint density at radius 3 is 2.77 bits per heavy atom. The van der Waals surface area contributed by atoms with Gasteiger partial charge in [0, 0.05) is 12.3 Å². The monoisotopic (exact) mass is 200 g/mol. The lowest BCUT2D eigenvalue weighted by Crippen LogP contribution is -2.27. The van der Waals surface area contributed by atoms with Crippen LogP contribution in [0.25, 0.3) is 0 Å². The Morgan fingerprint density at radius 1 is 1.54 bits per heavy atom. The van der Waals surface area contributed by atoms with E-state index in [2.05, 4.69) is 16.9 Å². The molecule has 1 heterocycles. The first kappa shape index (κ1) is 10.3. The summed E-state index contributed by atoms with van der Waals surface area (Å²) in [7, 11) is 0. The predicted molar refractivity (Wildman–Crippen MR) is 52.0 cm³/mol. The minimum absolute atomic E-state index is 0.211. The minimum atomic E-state index is -0.211. The highest BCUT2D eigenvalue weighted by Crippen LogP contribution is 2.18. The molecule has 0 fully saturated rings.